The monoisotopic (exact) mass is 449 g/mol. The Bertz CT molecular complexity index is 415. The summed E-state index contributed by atoms with van der Waals surface area (Å²) in [5.41, 5.74) is 0. The highest BCUT2D eigenvalue weighted by molar-refractivity contribution is 4.89. The molecule has 1 rings (SSSR count). The molecule has 8 nitrogen and oxygen atoms in total. The molecule has 6 N–H and O–H groups in total. The summed E-state index contributed by atoms with van der Waals surface area (Å²) in [6.45, 7) is 2.79. The topological polar surface area (TPSA) is 132 Å². The van der Waals surface area contributed by atoms with Crippen molar-refractivity contribution in [3.63, 3.8) is 0 Å². The Morgan fingerprint density at radius 2 is 1.39 bits per heavy atom. The van der Waals surface area contributed by atoms with Gasteiger partial charge in [-0.25, -0.2) is 0 Å². The number of ether oxygens (including phenoxy) is 2. The van der Waals surface area contributed by atoms with Crippen molar-refractivity contribution in [2.45, 2.75) is 121 Å². The average Bonchev–Trinajstić information content (AvgIpc) is 2.76. The van der Waals surface area contributed by atoms with E-state index in [9.17, 15) is 20.4 Å². The van der Waals surface area contributed by atoms with Crippen LogP contribution in [0.4, 0.5) is 0 Å². The molecule has 1 aliphatic heterocycles. The van der Waals surface area contributed by atoms with Crippen LogP contribution in [0.5, 0.6) is 0 Å². The maximum absolute atomic E-state index is 10.0. The Balaban J connectivity index is 1.94. The maximum atomic E-state index is 10.0. The molecular formula is C23H47NO7. The normalized spacial score (nSPS) is 27.5. The lowest BCUT2D eigenvalue weighted by atomic mass is 9.99. The van der Waals surface area contributed by atoms with Crippen LogP contribution in [0.2, 0.25) is 0 Å². The Hall–Kier alpha value is -0.320. The van der Waals surface area contributed by atoms with Crippen LogP contribution < -0.4 is 5.32 Å². The maximum Gasteiger partial charge on any atom is 0.184 e. The molecule has 1 fully saturated rings. The first kappa shape index (κ1) is 28.7. The minimum Gasteiger partial charge on any atom is -0.394 e. The van der Waals surface area contributed by atoms with Gasteiger partial charge in [0, 0.05) is 6.54 Å². The summed E-state index contributed by atoms with van der Waals surface area (Å²) < 4.78 is 10.4. The van der Waals surface area contributed by atoms with Gasteiger partial charge >= 0.3 is 0 Å². The second kappa shape index (κ2) is 18.1. The van der Waals surface area contributed by atoms with Gasteiger partial charge in [0.15, 0.2) is 6.29 Å². The van der Waals surface area contributed by atoms with Crippen molar-refractivity contribution in [3.05, 3.63) is 0 Å². The van der Waals surface area contributed by atoms with Gasteiger partial charge in [0.1, 0.15) is 24.4 Å². The molecule has 0 aromatic rings. The smallest absolute Gasteiger partial charge is 0.184 e. The zero-order valence-corrected chi connectivity index (χ0v) is 19.3. The second-order valence-corrected chi connectivity index (χ2v) is 8.77. The molecule has 0 aromatic heterocycles. The van der Waals surface area contributed by atoms with E-state index < -0.39 is 43.4 Å². The van der Waals surface area contributed by atoms with Crippen LogP contribution in [0.1, 0.15) is 84.0 Å². The summed E-state index contributed by atoms with van der Waals surface area (Å²) >= 11 is 0. The quantitative estimate of drug-likeness (QED) is 0.163. The number of aliphatic hydroxyl groups is 5. The molecule has 1 unspecified atom stereocenters. The zero-order chi connectivity index (χ0) is 22.9. The van der Waals surface area contributed by atoms with E-state index in [2.05, 4.69) is 12.2 Å². The highest BCUT2D eigenvalue weighted by Crippen LogP contribution is 2.22. The first-order valence-corrected chi connectivity index (χ1v) is 12.3. The minimum absolute atomic E-state index is 0.107. The van der Waals surface area contributed by atoms with Gasteiger partial charge in [-0.2, -0.15) is 0 Å². The van der Waals surface area contributed by atoms with E-state index >= 15 is 0 Å². The summed E-state index contributed by atoms with van der Waals surface area (Å²) in [6.07, 6.45) is 8.38. The minimum atomic E-state index is -1.48. The fourth-order valence-electron chi connectivity index (χ4n) is 3.89. The lowest BCUT2D eigenvalue weighted by Crippen LogP contribution is -2.59. The standard InChI is InChI=1S/C23H47NO7/c1-2-3-4-5-6-7-8-9-10-11-12-13-14-24-15-18(26)17-30-22-21(28)20(27)19(16-25)31-23(22)29/h18-29H,2-17H2,1H3/t18?,19-,20+,21+,22-,23-/m1/s1. The van der Waals surface area contributed by atoms with Gasteiger partial charge in [-0.3, -0.25) is 0 Å². The van der Waals surface area contributed by atoms with Crippen LogP contribution in [-0.4, -0.2) is 88.6 Å². The third kappa shape index (κ3) is 12.5. The highest BCUT2D eigenvalue weighted by Gasteiger charge is 2.44. The predicted octanol–water partition coefficient (Wildman–Crippen LogP) is 1.45. The molecule has 0 radical (unpaired) electrons. The summed E-state index contributed by atoms with van der Waals surface area (Å²) in [5, 5.41) is 52.0. The van der Waals surface area contributed by atoms with E-state index in [1.54, 1.807) is 0 Å². The van der Waals surface area contributed by atoms with Crippen molar-refractivity contribution in [2.24, 2.45) is 0 Å². The molecule has 0 spiro atoms. The first-order valence-electron chi connectivity index (χ1n) is 12.3. The number of hydrogen-bond donors (Lipinski definition) is 6. The van der Waals surface area contributed by atoms with Crippen LogP contribution in [0.3, 0.4) is 0 Å². The van der Waals surface area contributed by atoms with Crippen molar-refractivity contribution in [2.75, 3.05) is 26.3 Å². The molecule has 0 saturated carbocycles. The molecule has 31 heavy (non-hydrogen) atoms. The Kier molecular flexibility index (Phi) is 16.8. The van der Waals surface area contributed by atoms with Crippen molar-refractivity contribution in [1.82, 2.24) is 5.32 Å². The van der Waals surface area contributed by atoms with Gasteiger partial charge in [0.2, 0.25) is 0 Å². The number of aliphatic hydroxyl groups excluding tert-OH is 5. The molecule has 0 bridgehead atoms. The van der Waals surface area contributed by atoms with Gasteiger partial charge < -0.3 is 40.3 Å². The number of hydrogen-bond acceptors (Lipinski definition) is 8. The largest absolute Gasteiger partial charge is 0.394 e. The predicted molar refractivity (Wildman–Crippen MR) is 120 cm³/mol. The first-order chi connectivity index (χ1) is 15.0. The zero-order valence-electron chi connectivity index (χ0n) is 19.3. The highest BCUT2D eigenvalue weighted by atomic mass is 16.7. The molecule has 0 amide bonds. The molecule has 0 aliphatic carbocycles. The van der Waals surface area contributed by atoms with Gasteiger partial charge in [-0.1, -0.05) is 77.6 Å². The van der Waals surface area contributed by atoms with Crippen LogP contribution in [0.15, 0.2) is 0 Å². The van der Waals surface area contributed by atoms with Crippen LogP contribution in [0.25, 0.3) is 0 Å². The van der Waals surface area contributed by atoms with Crippen molar-refractivity contribution < 1.29 is 35.0 Å². The third-order valence-corrected chi connectivity index (χ3v) is 5.91. The average molecular weight is 450 g/mol. The van der Waals surface area contributed by atoms with Gasteiger partial charge in [0.25, 0.3) is 0 Å². The molecule has 1 heterocycles. The van der Waals surface area contributed by atoms with Crippen LogP contribution >= 0.6 is 0 Å². The van der Waals surface area contributed by atoms with E-state index in [1.807, 2.05) is 0 Å². The summed E-state index contributed by atoms with van der Waals surface area (Å²) in [6, 6.07) is 0. The molecule has 1 aliphatic rings. The molecule has 186 valence electrons. The fraction of sp³-hybridized carbons (Fsp3) is 1.00. The Labute approximate surface area is 188 Å². The molecular weight excluding hydrogens is 402 g/mol. The SMILES string of the molecule is CCCCCCCCCCCCCCNCC(O)CO[C@@H]1[C@@H](O)[C@@H](O)[C@@H](CO)O[C@H]1O. The lowest BCUT2D eigenvalue weighted by Gasteiger charge is -2.40. The van der Waals surface area contributed by atoms with E-state index in [0.717, 1.165) is 13.0 Å². The second-order valence-electron chi connectivity index (χ2n) is 8.77. The van der Waals surface area contributed by atoms with Gasteiger partial charge in [-0.05, 0) is 13.0 Å². The van der Waals surface area contributed by atoms with E-state index in [0.29, 0.717) is 6.54 Å². The Morgan fingerprint density at radius 1 is 0.839 bits per heavy atom. The third-order valence-electron chi connectivity index (χ3n) is 5.91. The lowest BCUT2D eigenvalue weighted by molar-refractivity contribution is -0.298. The van der Waals surface area contributed by atoms with E-state index in [1.165, 1.54) is 70.6 Å². The van der Waals surface area contributed by atoms with Crippen LogP contribution in [-0.2, 0) is 9.47 Å². The number of nitrogens with one attached hydrogen (secondary N) is 1. The van der Waals surface area contributed by atoms with Crippen molar-refractivity contribution in [1.29, 1.82) is 0 Å². The van der Waals surface area contributed by atoms with E-state index in [4.69, 9.17) is 14.6 Å². The van der Waals surface area contributed by atoms with Crippen molar-refractivity contribution in [3.8, 4) is 0 Å². The summed E-state index contributed by atoms with van der Waals surface area (Å²) in [4.78, 5) is 0. The molecule has 1 saturated heterocycles. The van der Waals surface area contributed by atoms with Gasteiger partial charge in [-0.15, -0.1) is 0 Å². The van der Waals surface area contributed by atoms with Gasteiger partial charge in [0.05, 0.1) is 19.3 Å². The van der Waals surface area contributed by atoms with E-state index in [-0.39, 0.29) is 6.61 Å². The fourth-order valence-corrected chi connectivity index (χ4v) is 3.89. The molecule has 6 atom stereocenters. The molecule has 8 heteroatoms. The Morgan fingerprint density at radius 3 is 1.94 bits per heavy atom. The summed E-state index contributed by atoms with van der Waals surface area (Å²) in [5.74, 6) is 0. The number of rotatable bonds is 19. The number of unbranched alkanes of at least 4 members (excludes halogenated alkanes) is 11. The molecule has 0 aromatic carbocycles. The van der Waals surface area contributed by atoms with Crippen LogP contribution in [0, 0.1) is 0 Å². The van der Waals surface area contributed by atoms with Crippen molar-refractivity contribution >= 4 is 0 Å². The summed E-state index contributed by atoms with van der Waals surface area (Å²) in [7, 11) is 0.